The van der Waals surface area contributed by atoms with Crippen LogP contribution in [0.3, 0.4) is 0 Å². The summed E-state index contributed by atoms with van der Waals surface area (Å²) >= 11 is 11.9. The van der Waals surface area contributed by atoms with E-state index < -0.39 is 0 Å². The molecule has 2 rings (SSSR count). The molecule has 1 aliphatic rings. The normalized spacial score (nSPS) is 18.3. The van der Waals surface area contributed by atoms with Gasteiger partial charge in [0.15, 0.2) is 0 Å². The zero-order valence-corrected chi connectivity index (χ0v) is 13.3. The minimum absolute atomic E-state index is 0.145. The largest absolute Gasteiger partial charge is 0.506 e. The van der Waals surface area contributed by atoms with Crippen molar-refractivity contribution in [2.75, 3.05) is 0 Å². The Morgan fingerprint density at radius 3 is 2.25 bits per heavy atom. The summed E-state index contributed by atoms with van der Waals surface area (Å²) in [5.74, 6) is 0.145. The second kappa shape index (κ2) is 8.11. The first-order chi connectivity index (χ1) is 9.66. The van der Waals surface area contributed by atoms with E-state index in [1.54, 1.807) is 12.1 Å². The Bertz CT molecular complexity index is 427. The molecule has 0 heterocycles. The van der Waals surface area contributed by atoms with Gasteiger partial charge in [-0.05, 0) is 25.0 Å². The highest BCUT2D eigenvalue weighted by molar-refractivity contribution is 6.35. The molecule has 1 aromatic rings. The lowest BCUT2D eigenvalue weighted by Crippen LogP contribution is -2.28. The first-order valence-corrected chi connectivity index (χ1v) is 8.32. The zero-order valence-electron chi connectivity index (χ0n) is 11.8. The molecule has 1 saturated carbocycles. The fourth-order valence-corrected chi connectivity index (χ4v) is 3.38. The molecule has 2 nitrogen and oxygen atoms in total. The van der Waals surface area contributed by atoms with E-state index in [4.69, 9.17) is 23.2 Å². The van der Waals surface area contributed by atoms with Gasteiger partial charge in [0, 0.05) is 23.2 Å². The van der Waals surface area contributed by atoms with Crippen molar-refractivity contribution < 1.29 is 5.11 Å². The molecule has 0 saturated heterocycles. The fraction of sp³-hybridized carbons (Fsp3) is 0.625. The van der Waals surface area contributed by atoms with Gasteiger partial charge in [0.25, 0.3) is 0 Å². The molecule has 2 N–H and O–H groups in total. The third-order valence-corrected chi connectivity index (χ3v) is 4.55. The van der Waals surface area contributed by atoms with Gasteiger partial charge >= 0.3 is 0 Å². The lowest BCUT2D eigenvalue weighted by molar-refractivity contribution is 0.421. The first kappa shape index (κ1) is 15.9. The molecule has 4 heteroatoms. The summed E-state index contributed by atoms with van der Waals surface area (Å²) in [6, 6.07) is 3.89. The zero-order chi connectivity index (χ0) is 14.4. The van der Waals surface area contributed by atoms with Crippen LogP contribution in [0.1, 0.15) is 56.9 Å². The molecule has 0 spiro atoms. The van der Waals surface area contributed by atoms with Crippen molar-refractivity contribution in [3.05, 3.63) is 27.7 Å². The van der Waals surface area contributed by atoms with Crippen molar-refractivity contribution in [1.29, 1.82) is 0 Å². The van der Waals surface area contributed by atoms with Gasteiger partial charge in [-0.3, -0.25) is 0 Å². The Morgan fingerprint density at radius 2 is 1.60 bits per heavy atom. The van der Waals surface area contributed by atoms with Gasteiger partial charge in [-0.25, -0.2) is 0 Å². The number of hydrogen-bond donors (Lipinski definition) is 2. The van der Waals surface area contributed by atoms with Gasteiger partial charge in [-0.1, -0.05) is 61.7 Å². The monoisotopic (exact) mass is 315 g/mol. The Labute approximate surface area is 131 Å². The van der Waals surface area contributed by atoms with E-state index in [1.807, 2.05) is 0 Å². The maximum absolute atomic E-state index is 9.97. The third-order valence-electron chi connectivity index (χ3n) is 4.04. The quantitative estimate of drug-likeness (QED) is 0.794. The summed E-state index contributed by atoms with van der Waals surface area (Å²) in [5.41, 5.74) is 0.780. The average Bonchev–Trinajstić information content (AvgIpc) is 2.55. The molecule has 0 radical (unpaired) electrons. The highest BCUT2D eigenvalue weighted by atomic mass is 35.5. The average molecular weight is 316 g/mol. The first-order valence-electron chi connectivity index (χ1n) is 7.57. The van der Waals surface area contributed by atoms with Gasteiger partial charge in [0.1, 0.15) is 5.75 Å². The highest BCUT2D eigenvalue weighted by Gasteiger charge is 2.13. The summed E-state index contributed by atoms with van der Waals surface area (Å²) in [4.78, 5) is 0. The predicted molar refractivity (Wildman–Crippen MR) is 85.7 cm³/mol. The Kier molecular flexibility index (Phi) is 6.47. The molecular formula is C16H23Cl2NO. The van der Waals surface area contributed by atoms with Crippen LogP contribution in [0.2, 0.25) is 10.0 Å². The molecule has 0 unspecified atom stereocenters. The number of phenolic OH excluding ortho intramolecular Hbond substituents is 1. The van der Waals surface area contributed by atoms with Crippen molar-refractivity contribution in [2.45, 2.75) is 64.0 Å². The van der Waals surface area contributed by atoms with Gasteiger partial charge in [-0.15, -0.1) is 0 Å². The molecule has 0 bridgehead atoms. The van der Waals surface area contributed by atoms with Gasteiger partial charge in [0.05, 0.1) is 5.02 Å². The van der Waals surface area contributed by atoms with Crippen LogP contribution in [-0.4, -0.2) is 11.1 Å². The van der Waals surface area contributed by atoms with E-state index in [2.05, 4.69) is 5.32 Å². The van der Waals surface area contributed by atoms with Crippen LogP contribution in [0.5, 0.6) is 5.75 Å². The number of phenols is 1. The molecule has 1 fully saturated rings. The van der Waals surface area contributed by atoms with Gasteiger partial charge in [0.2, 0.25) is 0 Å². The van der Waals surface area contributed by atoms with Crippen molar-refractivity contribution >= 4 is 23.2 Å². The van der Waals surface area contributed by atoms with Crippen LogP contribution in [0, 0.1) is 0 Å². The summed E-state index contributed by atoms with van der Waals surface area (Å²) in [6.45, 7) is 0.622. The topological polar surface area (TPSA) is 32.3 Å². The molecule has 1 aromatic carbocycles. The third kappa shape index (κ3) is 4.83. The smallest absolute Gasteiger partial charge is 0.138 e. The number of halogens is 2. The van der Waals surface area contributed by atoms with Crippen molar-refractivity contribution in [3.63, 3.8) is 0 Å². The minimum Gasteiger partial charge on any atom is -0.506 e. The fourth-order valence-electron chi connectivity index (χ4n) is 2.85. The second-order valence-corrected chi connectivity index (χ2v) is 6.52. The van der Waals surface area contributed by atoms with E-state index >= 15 is 0 Å². The van der Waals surface area contributed by atoms with Crippen molar-refractivity contribution in [3.8, 4) is 5.75 Å². The van der Waals surface area contributed by atoms with Crippen molar-refractivity contribution in [2.24, 2.45) is 0 Å². The number of hydrogen-bond acceptors (Lipinski definition) is 2. The maximum Gasteiger partial charge on any atom is 0.138 e. The molecule has 0 atom stereocenters. The maximum atomic E-state index is 9.97. The van der Waals surface area contributed by atoms with Crippen LogP contribution >= 0.6 is 23.2 Å². The SMILES string of the molecule is Oc1c(Cl)cc(Cl)cc1CNC1CCCCCCCC1. The Hall–Kier alpha value is -0.440. The lowest BCUT2D eigenvalue weighted by atomic mass is 10.0. The molecule has 0 aromatic heterocycles. The number of aromatic hydroxyl groups is 1. The summed E-state index contributed by atoms with van der Waals surface area (Å²) in [5, 5.41) is 14.4. The number of benzene rings is 1. The van der Waals surface area contributed by atoms with E-state index in [0.29, 0.717) is 22.6 Å². The molecule has 1 aliphatic carbocycles. The van der Waals surface area contributed by atoms with Gasteiger partial charge in [-0.2, -0.15) is 0 Å². The van der Waals surface area contributed by atoms with E-state index in [1.165, 1.54) is 51.4 Å². The van der Waals surface area contributed by atoms with E-state index in [9.17, 15) is 5.11 Å². The van der Waals surface area contributed by atoms with Crippen molar-refractivity contribution in [1.82, 2.24) is 5.32 Å². The lowest BCUT2D eigenvalue weighted by Gasteiger charge is -2.18. The highest BCUT2D eigenvalue weighted by Crippen LogP contribution is 2.31. The summed E-state index contributed by atoms with van der Waals surface area (Å²) in [6.07, 6.45) is 10.4. The summed E-state index contributed by atoms with van der Waals surface area (Å²) < 4.78 is 0. The predicted octanol–water partition coefficient (Wildman–Crippen LogP) is 5.29. The molecule has 0 aliphatic heterocycles. The Morgan fingerprint density at radius 1 is 1.00 bits per heavy atom. The van der Waals surface area contributed by atoms with Crippen LogP contribution in [0.4, 0.5) is 0 Å². The summed E-state index contributed by atoms with van der Waals surface area (Å²) in [7, 11) is 0. The number of nitrogens with one attached hydrogen (secondary N) is 1. The second-order valence-electron chi connectivity index (χ2n) is 5.67. The van der Waals surface area contributed by atoms with Crippen LogP contribution in [-0.2, 0) is 6.54 Å². The van der Waals surface area contributed by atoms with Crippen LogP contribution < -0.4 is 5.32 Å². The standard InChI is InChI=1S/C16H23Cl2NO/c17-13-9-12(16(20)15(18)10-13)11-19-14-7-5-3-1-2-4-6-8-14/h9-10,14,19-20H,1-8,11H2. The Balaban J connectivity index is 1.93. The minimum atomic E-state index is 0.145. The molecule has 0 amide bonds. The molecule has 20 heavy (non-hydrogen) atoms. The molecule has 112 valence electrons. The number of rotatable bonds is 3. The van der Waals surface area contributed by atoms with E-state index in [0.717, 1.165) is 5.56 Å². The van der Waals surface area contributed by atoms with Crippen LogP contribution in [0.15, 0.2) is 12.1 Å². The molecular weight excluding hydrogens is 293 g/mol. The van der Waals surface area contributed by atoms with E-state index in [-0.39, 0.29) is 5.75 Å². The van der Waals surface area contributed by atoms with Gasteiger partial charge < -0.3 is 10.4 Å². The van der Waals surface area contributed by atoms with Crippen LogP contribution in [0.25, 0.3) is 0 Å².